The third-order valence-electron chi connectivity index (χ3n) is 7.86. The van der Waals surface area contributed by atoms with Gasteiger partial charge in [-0.1, -0.05) is 30.3 Å². The molecule has 2 aliphatic heterocycles. The Labute approximate surface area is 211 Å². The Balaban J connectivity index is 1.23. The van der Waals surface area contributed by atoms with Crippen molar-refractivity contribution in [3.8, 4) is 11.1 Å². The van der Waals surface area contributed by atoms with Gasteiger partial charge in [-0.2, -0.15) is 0 Å². The average Bonchev–Trinajstić information content (AvgIpc) is 3.16. The maximum absolute atomic E-state index is 13.5. The summed E-state index contributed by atoms with van der Waals surface area (Å²) in [4.78, 5) is 28.9. The Hall–Kier alpha value is -3.42. The van der Waals surface area contributed by atoms with Crippen molar-refractivity contribution in [2.75, 3.05) is 19.6 Å². The molecule has 6 rings (SSSR count). The number of likely N-dealkylation sites (tertiary alicyclic amines) is 1. The van der Waals surface area contributed by atoms with Gasteiger partial charge in [-0.3, -0.25) is 9.59 Å². The van der Waals surface area contributed by atoms with Gasteiger partial charge in [-0.05, 0) is 57.6 Å². The molecule has 192 valence electrons. The number of carbonyl (C=O) groups excluding carboxylic acids is 2. The van der Waals surface area contributed by atoms with Crippen molar-refractivity contribution < 1.29 is 27.2 Å². The summed E-state index contributed by atoms with van der Waals surface area (Å²) in [6.07, 6.45) is -0.962. The van der Waals surface area contributed by atoms with Crippen molar-refractivity contribution in [3.63, 3.8) is 0 Å². The van der Waals surface area contributed by atoms with Gasteiger partial charge >= 0.3 is 0 Å². The predicted octanol–water partition coefficient (Wildman–Crippen LogP) is 6.38. The van der Waals surface area contributed by atoms with E-state index in [0.29, 0.717) is 24.2 Å². The van der Waals surface area contributed by atoms with Crippen LogP contribution in [0.5, 0.6) is 0 Å². The van der Waals surface area contributed by atoms with E-state index in [1.54, 1.807) is 23.1 Å². The van der Waals surface area contributed by atoms with Crippen LogP contribution in [-0.4, -0.2) is 53.1 Å². The van der Waals surface area contributed by atoms with E-state index in [9.17, 15) is 27.2 Å². The lowest BCUT2D eigenvalue weighted by Gasteiger charge is -2.37. The molecule has 0 radical (unpaired) electrons. The van der Waals surface area contributed by atoms with Crippen LogP contribution in [0.3, 0.4) is 0 Å². The molecule has 2 fully saturated rings. The van der Waals surface area contributed by atoms with Crippen molar-refractivity contribution in [2.45, 2.75) is 44.1 Å². The Morgan fingerprint density at radius 3 is 2.38 bits per heavy atom. The molecule has 1 saturated carbocycles. The summed E-state index contributed by atoms with van der Waals surface area (Å²) >= 11 is 0. The number of piperidine rings is 1. The molecule has 2 amide bonds. The zero-order chi connectivity index (χ0) is 25.9. The van der Waals surface area contributed by atoms with Gasteiger partial charge in [-0.15, -0.1) is 0 Å². The van der Waals surface area contributed by atoms with Gasteiger partial charge in [-0.25, -0.2) is 17.6 Å². The largest absolute Gasteiger partial charge is 0.338 e. The van der Waals surface area contributed by atoms with Crippen LogP contribution in [0.25, 0.3) is 21.9 Å². The minimum absolute atomic E-state index is 0.0396. The number of carbonyl (C=O) groups is 2. The Morgan fingerprint density at radius 1 is 0.892 bits per heavy atom. The fourth-order valence-electron chi connectivity index (χ4n) is 5.81. The molecule has 0 N–H and O–H groups in total. The molecule has 3 aromatic rings. The van der Waals surface area contributed by atoms with Crippen LogP contribution >= 0.6 is 0 Å². The summed E-state index contributed by atoms with van der Waals surface area (Å²) in [5, 5.41) is 1.79. The van der Waals surface area contributed by atoms with E-state index in [1.807, 2.05) is 36.4 Å². The summed E-state index contributed by atoms with van der Waals surface area (Å²) in [6.45, 7) is 0.830. The Morgan fingerprint density at radius 2 is 1.65 bits per heavy atom. The number of alkyl halides is 4. The lowest BCUT2D eigenvalue weighted by atomic mass is 9.81. The second-order valence-electron chi connectivity index (χ2n) is 10.6. The van der Waals surface area contributed by atoms with Crippen molar-refractivity contribution in [1.29, 1.82) is 0 Å². The highest BCUT2D eigenvalue weighted by Crippen LogP contribution is 2.43. The number of hydrogen-bond acceptors (Lipinski definition) is 2. The van der Waals surface area contributed by atoms with Gasteiger partial charge < -0.3 is 9.80 Å². The molecule has 4 nitrogen and oxygen atoms in total. The maximum atomic E-state index is 13.5. The molecule has 2 heterocycles. The van der Waals surface area contributed by atoms with Crippen molar-refractivity contribution in [1.82, 2.24) is 9.80 Å². The Bertz CT molecular complexity index is 1400. The number of nitrogens with zero attached hydrogens (tertiary/aromatic N) is 2. The first-order chi connectivity index (χ1) is 17.6. The highest BCUT2D eigenvalue weighted by Gasteiger charge is 2.46. The molecule has 1 aliphatic carbocycles. The molecule has 0 atom stereocenters. The fourth-order valence-corrected chi connectivity index (χ4v) is 5.81. The number of benzene rings is 3. The molecule has 1 saturated heterocycles. The first kappa shape index (κ1) is 23.9. The molecule has 3 aromatic carbocycles. The van der Waals surface area contributed by atoms with Crippen LogP contribution in [-0.2, 0) is 6.54 Å². The second kappa shape index (κ2) is 8.57. The lowest BCUT2D eigenvalue weighted by Crippen LogP contribution is -2.42. The van der Waals surface area contributed by atoms with E-state index < -0.39 is 11.8 Å². The summed E-state index contributed by atoms with van der Waals surface area (Å²) in [5.41, 5.74) is 3.81. The zero-order valence-corrected chi connectivity index (χ0v) is 20.2. The van der Waals surface area contributed by atoms with E-state index >= 15 is 0 Å². The summed E-state index contributed by atoms with van der Waals surface area (Å²) in [5.74, 6) is -5.84. The second-order valence-corrected chi connectivity index (χ2v) is 10.6. The number of fused-ring (bicyclic) bond motifs is 2. The zero-order valence-electron chi connectivity index (χ0n) is 20.2. The van der Waals surface area contributed by atoms with Crippen LogP contribution in [0.1, 0.15) is 52.0 Å². The lowest BCUT2D eigenvalue weighted by molar-refractivity contribution is -0.114. The molecule has 0 spiro atoms. The standard InChI is InChI=1S/C29H26F4N2O2/c30-28(31)8-10-34(11-9-28)26(36)21-5-6-24-19(12-21)2-1-3-23(24)20-4-7-25-22(13-20)17-35(27(25)37)16-18-14-29(32,33)15-18/h1-7,12-13,18H,8-11,14-17H2. The number of hydrogen-bond donors (Lipinski definition) is 0. The molecule has 0 aromatic heterocycles. The van der Waals surface area contributed by atoms with Gasteiger partial charge in [0.1, 0.15) is 0 Å². The first-order valence-corrected chi connectivity index (χ1v) is 12.6. The summed E-state index contributed by atoms with van der Waals surface area (Å²) in [7, 11) is 0. The molecule has 8 heteroatoms. The molecule has 3 aliphatic rings. The smallest absolute Gasteiger partial charge is 0.254 e. The topological polar surface area (TPSA) is 40.6 Å². The van der Waals surface area contributed by atoms with Crippen molar-refractivity contribution >= 4 is 22.6 Å². The normalized spacial score (nSPS) is 20.7. The third-order valence-corrected chi connectivity index (χ3v) is 7.86. The number of rotatable bonds is 4. The first-order valence-electron chi connectivity index (χ1n) is 12.6. The summed E-state index contributed by atoms with van der Waals surface area (Å²) in [6, 6.07) is 16.8. The van der Waals surface area contributed by atoms with Crippen LogP contribution in [0, 0.1) is 5.92 Å². The van der Waals surface area contributed by atoms with Crippen LogP contribution in [0.4, 0.5) is 17.6 Å². The SMILES string of the molecule is O=C(c1ccc2c(-c3ccc4c(c3)CN(CC3CC(F)(F)C3)C4=O)cccc2c1)N1CCC(F)(F)CC1. The fraction of sp³-hybridized carbons (Fsp3) is 0.379. The van der Waals surface area contributed by atoms with E-state index in [0.717, 1.165) is 27.5 Å². The van der Waals surface area contributed by atoms with Crippen molar-refractivity contribution in [2.24, 2.45) is 5.92 Å². The highest BCUT2D eigenvalue weighted by atomic mass is 19.3. The molecule has 0 bridgehead atoms. The van der Waals surface area contributed by atoms with Gasteiger partial charge in [0.2, 0.25) is 5.92 Å². The predicted molar refractivity (Wildman–Crippen MR) is 132 cm³/mol. The minimum Gasteiger partial charge on any atom is -0.338 e. The quantitative estimate of drug-likeness (QED) is 0.382. The van der Waals surface area contributed by atoms with Crippen LogP contribution in [0.2, 0.25) is 0 Å². The number of halogens is 4. The average molecular weight is 511 g/mol. The molecule has 0 unspecified atom stereocenters. The summed E-state index contributed by atoms with van der Waals surface area (Å²) < 4.78 is 53.5. The van der Waals surface area contributed by atoms with Gasteiger partial charge in [0.15, 0.2) is 0 Å². The minimum atomic E-state index is -2.71. The Kier molecular flexibility index (Phi) is 5.55. The maximum Gasteiger partial charge on any atom is 0.254 e. The molecular formula is C29H26F4N2O2. The monoisotopic (exact) mass is 510 g/mol. The van der Waals surface area contributed by atoms with E-state index in [1.165, 1.54) is 4.90 Å². The van der Waals surface area contributed by atoms with E-state index in [2.05, 4.69) is 0 Å². The van der Waals surface area contributed by atoms with Crippen LogP contribution in [0.15, 0.2) is 54.6 Å². The van der Waals surface area contributed by atoms with E-state index in [4.69, 9.17) is 0 Å². The molecular weight excluding hydrogens is 484 g/mol. The van der Waals surface area contributed by atoms with Gasteiger partial charge in [0.25, 0.3) is 17.7 Å². The van der Waals surface area contributed by atoms with Crippen LogP contribution < -0.4 is 0 Å². The van der Waals surface area contributed by atoms with Crippen molar-refractivity contribution in [3.05, 3.63) is 71.3 Å². The molecule has 37 heavy (non-hydrogen) atoms. The van der Waals surface area contributed by atoms with E-state index in [-0.39, 0.29) is 56.5 Å². The number of amides is 2. The third kappa shape index (κ3) is 4.47. The van der Waals surface area contributed by atoms with Gasteiger partial charge in [0.05, 0.1) is 0 Å². The van der Waals surface area contributed by atoms with Gasteiger partial charge in [0, 0.05) is 63.0 Å². The highest BCUT2D eigenvalue weighted by molar-refractivity contribution is 6.04.